The van der Waals surface area contributed by atoms with Crippen molar-refractivity contribution in [2.75, 3.05) is 5.73 Å². The first-order valence-electron chi connectivity index (χ1n) is 4.48. The number of thiazole rings is 1. The lowest BCUT2D eigenvalue weighted by molar-refractivity contribution is 0.0983. The number of carbonyl (C=O) groups is 1. The molecule has 2 N–H and O–H groups in total. The van der Waals surface area contributed by atoms with Crippen LogP contribution in [0.15, 0.2) is 11.6 Å². The normalized spacial score (nSPS) is 10.6. The van der Waals surface area contributed by atoms with Crippen LogP contribution in [0, 0.1) is 0 Å². The van der Waals surface area contributed by atoms with Gasteiger partial charge in [-0.25, -0.2) is 4.98 Å². The highest BCUT2D eigenvalue weighted by Crippen LogP contribution is 2.18. The molecule has 0 aliphatic heterocycles. The number of nitrogens with zero attached hydrogens (tertiary/aromatic N) is 3. The molecule has 0 bridgehead atoms. The number of ketones is 1. The molecule has 0 saturated heterocycles. The average Bonchev–Trinajstić information content (AvgIpc) is 2.74. The number of nitrogens with two attached hydrogens (primary N) is 1. The number of carbonyl (C=O) groups excluding carboxylic acids is 1. The van der Waals surface area contributed by atoms with Crippen LogP contribution in [0.4, 0.5) is 5.13 Å². The van der Waals surface area contributed by atoms with Crippen LogP contribution in [0.2, 0.25) is 5.02 Å². The van der Waals surface area contributed by atoms with Crippen molar-refractivity contribution < 1.29 is 4.79 Å². The van der Waals surface area contributed by atoms with Crippen LogP contribution in [-0.4, -0.2) is 20.5 Å². The molecule has 0 atom stereocenters. The maximum atomic E-state index is 11.9. The van der Waals surface area contributed by atoms with Gasteiger partial charge in [0.05, 0.1) is 23.3 Å². The number of aromatic nitrogens is 3. The van der Waals surface area contributed by atoms with E-state index in [1.165, 1.54) is 22.2 Å². The predicted molar refractivity (Wildman–Crippen MR) is 62.8 cm³/mol. The highest BCUT2D eigenvalue weighted by Gasteiger charge is 2.16. The molecular formula is C9H9ClN4OS. The fourth-order valence-corrected chi connectivity index (χ4v) is 2.21. The number of hydrogen-bond donors (Lipinski definition) is 1. The minimum Gasteiger partial charge on any atom is -0.375 e. The third-order valence-electron chi connectivity index (χ3n) is 2.07. The Labute approximate surface area is 101 Å². The van der Waals surface area contributed by atoms with E-state index in [2.05, 4.69) is 10.1 Å². The standard InChI is InChI=1S/C9H9ClN4OS/c1-14-8(6(10)3-12-14)7(15)2-5-4-16-9(11)13-5/h3-4H,2H2,1H3,(H2,11,13). The van der Waals surface area contributed by atoms with Crippen molar-refractivity contribution in [1.82, 2.24) is 14.8 Å². The van der Waals surface area contributed by atoms with Gasteiger partial charge in [-0.1, -0.05) is 11.6 Å². The van der Waals surface area contributed by atoms with Gasteiger partial charge < -0.3 is 5.73 Å². The van der Waals surface area contributed by atoms with Crippen LogP contribution in [0.25, 0.3) is 0 Å². The van der Waals surface area contributed by atoms with Crippen LogP contribution in [0.1, 0.15) is 16.2 Å². The molecule has 2 rings (SSSR count). The molecular weight excluding hydrogens is 248 g/mol. The van der Waals surface area contributed by atoms with E-state index >= 15 is 0 Å². The van der Waals surface area contributed by atoms with Crippen molar-refractivity contribution in [3.05, 3.63) is 28.0 Å². The maximum Gasteiger partial charge on any atom is 0.188 e. The summed E-state index contributed by atoms with van der Waals surface area (Å²) in [6.07, 6.45) is 1.64. The van der Waals surface area contributed by atoms with Gasteiger partial charge >= 0.3 is 0 Å². The lowest BCUT2D eigenvalue weighted by Crippen LogP contribution is -2.10. The van der Waals surface area contributed by atoms with Crippen LogP contribution in [-0.2, 0) is 13.5 Å². The summed E-state index contributed by atoms with van der Waals surface area (Å²) in [6.45, 7) is 0. The number of aryl methyl sites for hydroxylation is 1. The largest absolute Gasteiger partial charge is 0.375 e. The van der Waals surface area contributed by atoms with Gasteiger partial charge in [-0.3, -0.25) is 9.48 Å². The summed E-state index contributed by atoms with van der Waals surface area (Å²) in [7, 11) is 1.68. The predicted octanol–water partition coefficient (Wildman–Crippen LogP) is 1.54. The highest BCUT2D eigenvalue weighted by molar-refractivity contribution is 7.13. The van der Waals surface area contributed by atoms with E-state index in [9.17, 15) is 4.79 Å². The second-order valence-electron chi connectivity index (χ2n) is 3.24. The van der Waals surface area contributed by atoms with Gasteiger partial charge in [0.2, 0.25) is 0 Å². The molecule has 0 unspecified atom stereocenters. The fourth-order valence-electron chi connectivity index (χ4n) is 1.38. The molecule has 0 aliphatic carbocycles. The van der Waals surface area contributed by atoms with E-state index in [-0.39, 0.29) is 12.2 Å². The number of rotatable bonds is 3. The molecule has 0 aliphatic rings. The number of halogens is 1. The summed E-state index contributed by atoms with van der Waals surface area (Å²) in [6, 6.07) is 0. The Morgan fingerprint density at radius 2 is 2.44 bits per heavy atom. The number of nitrogen functional groups attached to an aromatic ring is 1. The monoisotopic (exact) mass is 256 g/mol. The molecule has 16 heavy (non-hydrogen) atoms. The summed E-state index contributed by atoms with van der Waals surface area (Å²) in [5.74, 6) is -0.115. The zero-order valence-corrected chi connectivity index (χ0v) is 10.0. The van der Waals surface area contributed by atoms with Crippen LogP contribution in [0.5, 0.6) is 0 Å². The first kappa shape index (κ1) is 11.1. The van der Waals surface area contributed by atoms with Gasteiger partial charge in [-0.05, 0) is 0 Å². The Hall–Kier alpha value is -1.40. The molecule has 0 spiro atoms. The molecule has 0 radical (unpaired) electrons. The van der Waals surface area contributed by atoms with Gasteiger partial charge in [-0.2, -0.15) is 5.10 Å². The second kappa shape index (κ2) is 4.23. The zero-order valence-electron chi connectivity index (χ0n) is 8.48. The van der Waals surface area contributed by atoms with Gasteiger partial charge in [0.15, 0.2) is 10.9 Å². The van der Waals surface area contributed by atoms with Gasteiger partial charge in [0.1, 0.15) is 5.69 Å². The maximum absolute atomic E-state index is 11.9. The average molecular weight is 257 g/mol. The van der Waals surface area contributed by atoms with E-state index < -0.39 is 0 Å². The van der Waals surface area contributed by atoms with Gasteiger partial charge in [-0.15, -0.1) is 11.3 Å². The molecule has 2 aromatic heterocycles. The Balaban J connectivity index is 2.21. The summed E-state index contributed by atoms with van der Waals surface area (Å²) in [4.78, 5) is 15.9. The van der Waals surface area contributed by atoms with Crippen molar-refractivity contribution in [2.24, 2.45) is 7.05 Å². The Morgan fingerprint density at radius 3 is 2.94 bits per heavy atom. The van der Waals surface area contributed by atoms with Crippen molar-refractivity contribution in [3.8, 4) is 0 Å². The smallest absolute Gasteiger partial charge is 0.188 e. The number of Topliss-reactive ketones (excluding diaryl/α,β-unsaturated/α-hetero) is 1. The quantitative estimate of drug-likeness (QED) is 0.846. The lowest BCUT2D eigenvalue weighted by Gasteiger charge is -2.00. The van der Waals surface area contributed by atoms with Gasteiger partial charge in [0, 0.05) is 12.4 Å². The molecule has 2 aromatic rings. The van der Waals surface area contributed by atoms with E-state index in [0.717, 1.165) is 0 Å². The van der Waals surface area contributed by atoms with Crippen LogP contribution < -0.4 is 5.73 Å². The molecule has 2 heterocycles. The van der Waals surface area contributed by atoms with E-state index in [1.807, 2.05) is 0 Å². The number of anilines is 1. The molecule has 7 heteroatoms. The Morgan fingerprint density at radius 1 is 1.69 bits per heavy atom. The van der Waals surface area contributed by atoms with Crippen molar-refractivity contribution in [3.63, 3.8) is 0 Å². The second-order valence-corrected chi connectivity index (χ2v) is 4.54. The van der Waals surface area contributed by atoms with Crippen LogP contribution in [0.3, 0.4) is 0 Å². The van der Waals surface area contributed by atoms with Gasteiger partial charge in [0.25, 0.3) is 0 Å². The first-order valence-corrected chi connectivity index (χ1v) is 5.74. The minimum absolute atomic E-state index is 0.115. The highest BCUT2D eigenvalue weighted by atomic mass is 35.5. The molecule has 0 aromatic carbocycles. The van der Waals surface area contributed by atoms with Crippen LogP contribution >= 0.6 is 22.9 Å². The van der Waals surface area contributed by atoms with Crippen molar-refractivity contribution in [1.29, 1.82) is 0 Å². The number of hydrogen-bond acceptors (Lipinski definition) is 5. The molecule has 5 nitrogen and oxygen atoms in total. The molecule has 84 valence electrons. The molecule has 0 fully saturated rings. The minimum atomic E-state index is -0.115. The summed E-state index contributed by atoms with van der Waals surface area (Å²) < 4.78 is 1.46. The van der Waals surface area contributed by atoms with E-state index in [0.29, 0.717) is 21.5 Å². The third-order valence-corrected chi connectivity index (χ3v) is 3.07. The zero-order chi connectivity index (χ0) is 11.7. The van der Waals surface area contributed by atoms with E-state index in [1.54, 1.807) is 12.4 Å². The lowest BCUT2D eigenvalue weighted by atomic mass is 10.2. The Kier molecular flexibility index (Phi) is 2.93. The molecule has 0 amide bonds. The SMILES string of the molecule is Cn1ncc(Cl)c1C(=O)Cc1csc(N)n1. The molecule has 0 saturated carbocycles. The Bertz CT molecular complexity index is 514. The summed E-state index contributed by atoms with van der Waals surface area (Å²) >= 11 is 7.18. The van der Waals surface area contributed by atoms with Crippen molar-refractivity contribution >= 4 is 33.9 Å². The third kappa shape index (κ3) is 2.07. The van der Waals surface area contributed by atoms with Crippen molar-refractivity contribution in [2.45, 2.75) is 6.42 Å². The topological polar surface area (TPSA) is 73.8 Å². The fraction of sp³-hybridized carbons (Fsp3) is 0.222. The summed E-state index contributed by atoms with van der Waals surface area (Å²) in [5.41, 5.74) is 6.54. The van der Waals surface area contributed by atoms with E-state index in [4.69, 9.17) is 17.3 Å². The summed E-state index contributed by atoms with van der Waals surface area (Å²) in [5, 5.41) is 6.48. The first-order chi connectivity index (χ1) is 7.58.